The SMILES string of the molecule is CC(Cl)c1nnc(NCC(C)(C)C)o1. The van der Waals surface area contributed by atoms with E-state index in [4.69, 9.17) is 16.0 Å². The van der Waals surface area contributed by atoms with Crippen LogP contribution in [-0.4, -0.2) is 16.7 Å². The first-order chi connectivity index (χ1) is 6.38. The predicted octanol–water partition coefficient (Wildman–Crippen LogP) is 2.83. The number of aromatic nitrogens is 2. The van der Waals surface area contributed by atoms with E-state index in [1.807, 2.05) is 0 Å². The van der Waals surface area contributed by atoms with E-state index in [1.54, 1.807) is 6.92 Å². The summed E-state index contributed by atoms with van der Waals surface area (Å²) in [5.74, 6) is 0.447. The molecule has 0 aliphatic heterocycles. The molecule has 0 saturated carbocycles. The summed E-state index contributed by atoms with van der Waals surface area (Å²) in [6, 6.07) is 0.433. The molecule has 0 amide bonds. The van der Waals surface area contributed by atoms with Crippen LogP contribution < -0.4 is 5.32 Å². The van der Waals surface area contributed by atoms with E-state index in [-0.39, 0.29) is 10.8 Å². The van der Waals surface area contributed by atoms with E-state index in [2.05, 4.69) is 36.3 Å². The van der Waals surface area contributed by atoms with E-state index in [0.717, 1.165) is 6.54 Å². The van der Waals surface area contributed by atoms with Gasteiger partial charge in [-0.2, -0.15) is 0 Å². The van der Waals surface area contributed by atoms with Crippen LogP contribution >= 0.6 is 11.6 Å². The average molecular weight is 218 g/mol. The van der Waals surface area contributed by atoms with Crippen molar-refractivity contribution in [2.75, 3.05) is 11.9 Å². The summed E-state index contributed by atoms with van der Waals surface area (Å²) >= 11 is 5.78. The highest BCUT2D eigenvalue weighted by Gasteiger charge is 2.14. The minimum atomic E-state index is -0.243. The quantitative estimate of drug-likeness (QED) is 0.792. The van der Waals surface area contributed by atoms with Crippen LogP contribution in [0, 0.1) is 5.41 Å². The fraction of sp³-hybridized carbons (Fsp3) is 0.778. The van der Waals surface area contributed by atoms with Crippen LogP contribution in [0.3, 0.4) is 0 Å². The Morgan fingerprint density at radius 1 is 1.43 bits per heavy atom. The smallest absolute Gasteiger partial charge is 0.315 e. The van der Waals surface area contributed by atoms with Crippen LogP contribution in [0.5, 0.6) is 0 Å². The van der Waals surface area contributed by atoms with E-state index < -0.39 is 0 Å². The summed E-state index contributed by atoms with van der Waals surface area (Å²) < 4.78 is 5.28. The van der Waals surface area contributed by atoms with Gasteiger partial charge in [0, 0.05) is 6.54 Å². The van der Waals surface area contributed by atoms with Gasteiger partial charge in [-0.1, -0.05) is 25.9 Å². The standard InChI is InChI=1S/C9H16ClN3O/c1-6(10)7-12-13-8(14-7)11-5-9(2,3)4/h6H,5H2,1-4H3,(H,11,13). The zero-order chi connectivity index (χ0) is 10.8. The van der Waals surface area contributed by atoms with Crippen LogP contribution in [0.15, 0.2) is 4.42 Å². The largest absolute Gasteiger partial charge is 0.407 e. The van der Waals surface area contributed by atoms with E-state index in [9.17, 15) is 0 Å². The Morgan fingerprint density at radius 3 is 2.50 bits per heavy atom. The molecule has 0 aliphatic rings. The molecule has 1 heterocycles. The van der Waals surface area contributed by atoms with Gasteiger partial charge in [0.1, 0.15) is 5.38 Å². The Hall–Kier alpha value is -0.770. The normalized spacial score (nSPS) is 14.1. The second kappa shape index (κ2) is 4.17. The lowest BCUT2D eigenvalue weighted by atomic mass is 9.97. The lowest BCUT2D eigenvalue weighted by Crippen LogP contribution is -2.19. The maximum absolute atomic E-state index is 5.78. The summed E-state index contributed by atoms with van der Waals surface area (Å²) in [7, 11) is 0. The van der Waals surface area contributed by atoms with Gasteiger partial charge in [-0.25, -0.2) is 0 Å². The average Bonchev–Trinajstić information content (AvgIpc) is 2.47. The number of rotatable bonds is 3. The first-order valence-corrected chi connectivity index (χ1v) is 5.03. The topological polar surface area (TPSA) is 51.0 Å². The molecular formula is C9H16ClN3O. The Kier molecular flexibility index (Phi) is 3.37. The molecule has 5 heteroatoms. The van der Waals surface area contributed by atoms with Crippen molar-refractivity contribution in [2.24, 2.45) is 5.41 Å². The molecule has 1 rings (SSSR count). The van der Waals surface area contributed by atoms with Gasteiger partial charge in [-0.3, -0.25) is 0 Å². The van der Waals surface area contributed by atoms with Crippen LogP contribution in [0.25, 0.3) is 0 Å². The molecule has 0 saturated heterocycles. The molecule has 80 valence electrons. The van der Waals surface area contributed by atoms with Gasteiger partial charge in [0.05, 0.1) is 0 Å². The lowest BCUT2D eigenvalue weighted by Gasteiger charge is -2.17. The summed E-state index contributed by atoms with van der Waals surface area (Å²) in [4.78, 5) is 0. The second-order valence-electron chi connectivity index (χ2n) is 4.48. The Morgan fingerprint density at radius 2 is 2.07 bits per heavy atom. The molecule has 14 heavy (non-hydrogen) atoms. The minimum Gasteiger partial charge on any atom is -0.407 e. The number of halogens is 1. The highest BCUT2D eigenvalue weighted by atomic mass is 35.5. The van der Waals surface area contributed by atoms with Gasteiger partial charge >= 0.3 is 6.01 Å². The van der Waals surface area contributed by atoms with Gasteiger partial charge in [-0.05, 0) is 12.3 Å². The van der Waals surface area contributed by atoms with Gasteiger partial charge < -0.3 is 9.73 Å². The lowest BCUT2D eigenvalue weighted by molar-refractivity contribution is 0.429. The third-order valence-electron chi connectivity index (χ3n) is 1.55. The number of hydrogen-bond donors (Lipinski definition) is 1. The van der Waals surface area contributed by atoms with E-state index >= 15 is 0 Å². The molecule has 1 aromatic rings. The first kappa shape index (κ1) is 11.3. The number of nitrogens with one attached hydrogen (secondary N) is 1. The monoisotopic (exact) mass is 217 g/mol. The molecule has 1 unspecified atom stereocenters. The van der Waals surface area contributed by atoms with Gasteiger partial charge in [0.25, 0.3) is 0 Å². The van der Waals surface area contributed by atoms with Gasteiger partial charge in [0.15, 0.2) is 0 Å². The van der Waals surface area contributed by atoms with Crippen molar-refractivity contribution in [3.05, 3.63) is 5.89 Å². The maximum atomic E-state index is 5.78. The Labute approximate surface area is 89.0 Å². The molecular weight excluding hydrogens is 202 g/mol. The van der Waals surface area contributed by atoms with Gasteiger partial charge in [0.2, 0.25) is 5.89 Å². The molecule has 0 radical (unpaired) electrons. The Balaban J connectivity index is 2.52. The minimum absolute atomic E-state index is 0.182. The van der Waals surface area contributed by atoms with Gasteiger partial charge in [-0.15, -0.1) is 16.7 Å². The van der Waals surface area contributed by atoms with Crippen molar-refractivity contribution in [1.82, 2.24) is 10.2 Å². The van der Waals surface area contributed by atoms with Crippen molar-refractivity contribution in [3.8, 4) is 0 Å². The molecule has 0 spiro atoms. The Bertz CT molecular complexity index is 290. The second-order valence-corrected chi connectivity index (χ2v) is 5.13. The summed E-state index contributed by atoms with van der Waals surface area (Å²) in [5.41, 5.74) is 0.182. The first-order valence-electron chi connectivity index (χ1n) is 4.60. The molecule has 0 aliphatic carbocycles. The molecule has 1 N–H and O–H groups in total. The summed E-state index contributed by atoms with van der Waals surface area (Å²) in [6.07, 6.45) is 0. The third-order valence-corrected chi connectivity index (χ3v) is 1.74. The van der Waals surface area contributed by atoms with E-state index in [1.165, 1.54) is 0 Å². The number of anilines is 1. The fourth-order valence-corrected chi connectivity index (χ4v) is 0.896. The summed E-state index contributed by atoms with van der Waals surface area (Å²) in [5, 5.41) is 10.5. The predicted molar refractivity (Wildman–Crippen MR) is 56.5 cm³/mol. The molecule has 1 aromatic heterocycles. The molecule has 4 nitrogen and oxygen atoms in total. The van der Waals surface area contributed by atoms with Crippen molar-refractivity contribution >= 4 is 17.6 Å². The van der Waals surface area contributed by atoms with E-state index in [0.29, 0.717) is 11.9 Å². The molecule has 0 bridgehead atoms. The zero-order valence-corrected chi connectivity index (χ0v) is 9.72. The highest BCUT2D eigenvalue weighted by molar-refractivity contribution is 6.20. The van der Waals surface area contributed by atoms with Crippen LogP contribution in [0.1, 0.15) is 39.0 Å². The number of alkyl halides is 1. The highest BCUT2D eigenvalue weighted by Crippen LogP contribution is 2.20. The van der Waals surface area contributed by atoms with Crippen molar-refractivity contribution in [3.63, 3.8) is 0 Å². The molecule has 0 aromatic carbocycles. The maximum Gasteiger partial charge on any atom is 0.315 e. The fourth-order valence-electron chi connectivity index (χ4n) is 0.808. The third kappa shape index (κ3) is 3.54. The van der Waals surface area contributed by atoms with Crippen LogP contribution in [0.2, 0.25) is 0 Å². The number of hydrogen-bond acceptors (Lipinski definition) is 4. The van der Waals surface area contributed by atoms with Crippen LogP contribution in [0.4, 0.5) is 6.01 Å². The molecule has 0 fully saturated rings. The number of nitrogens with zero attached hydrogens (tertiary/aromatic N) is 2. The summed E-state index contributed by atoms with van der Waals surface area (Å²) in [6.45, 7) is 8.96. The van der Waals surface area contributed by atoms with Crippen molar-refractivity contribution in [2.45, 2.75) is 33.1 Å². The zero-order valence-electron chi connectivity index (χ0n) is 8.97. The van der Waals surface area contributed by atoms with Crippen LogP contribution in [-0.2, 0) is 0 Å². The molecule has 1 atom stereocenters. The van der Waals surface area contributed by atoms with Crippen molar-refractivity contribution in [1.29, 1.82) is 0 Å². The van der Waals surface area contributed by atoms with Crippen molar-refractivity contribution < 1.29 is 4.42 Å².